The van der Waals surface area contributed by atoms with E-state index in [4.69, 9.17) is 4.74 Å². The van der Waals surface area contributed by atoms with Gasteiger partial charge in [-0.25, -0.2) is 19.2 Å². The summed E-state index contributed by atoms with van der Waals surface area (Å²) in [6.07, 6.45) is 8.87. The zero-order valence-corrected chi connectivity index (χ0v) is 18.0. The zero-order chi connectivity index (χ0) is 23.7. The Bertz CT molecular complexity index is 1410. The molecule has 0 bridgehead atoms. The third kappa shape index (κ3) is 3.94. The third-order valence-corrected chi connectivity index (χ3v) is 5.85. The minimum Gasteiger partial charge on any atom is -0.477 e. The van der Waals surface area contributed by atoms with Crippen molar-refractivity contribution in [1.29, 1.82) is 0 Å². The first-order chi connectivity index (χ1) is 16.5. The monoisotopic (exact) mass is 461 g/mol. The molecule has 10 heteroatoms. The highest BCUT2D eigenvalue weighted by molar-refractivity contribution is 5.94. The fraction of sp³-hybridized carbons (Fsp3) is 0.208. The molecule has 34 heavy (non-hydrogen) atoms. The van der Waals surface area contributed by atoms with E-state index < -0.39 is 22.8 Å². The van der Waals surface area contributed by atoms with E-state index in [1.54, 1.807) is 24.4 Å². The maximum Gasteiger partial charge on any atom is 0.341 e. The molecule has 3 aromatic heterocycles. The summed E-state index contributed by atoms with van der Waals surface area (Å²) in [5, 5.41) is 9.46. The molecule has 0 aliphatic carbocycles. The highest BCUT2D eigenvalue weighted by atomic mass is 19.1. The van der Waals surface area contributed by atoms with Crippen LogP contribution < -0.4 is 15.1 Å². The van der Waals surface area contributed by atoms with Gasteiger partial charge in [0, 0.05) is 37.4 Å². The van der Waals surface area contributed by atoms with Gasteiger partial charge in [-0.1, -0.05) is 6.07 Å². The van der Waals surface area contributed by atoms with Gasteiger partial charge in [0.25, 0.3) is 0 Å². The van der Waals surface area contributed by atoms with Gasteiger partial charge in [0.2, 0.25) is 11.3 Å². The van der Waals surface area contributed by atoms with Gasteiger partial charge in [-0.2, -0.15) is 0 Å². The number of anilines is 1. The minimum atomic E-state index is -1.40. The van der Waals surface area contributed by atoms with Gasteiger partial charge in [0.15, 0.2) is 5.82 Å². The number of fused-ring (bicyclic) bond motifs is 1. The summed E-state index contributed by atoms with van der Waals surface area (Å²) in [6, 6.07) is 7.95. The van der Waals surface area contributed by atoms with E-state index in [2.05, 4.69) is 15.0 Å². The Morgan fingerprint density at radius 3 is 2.82 bits per heavy atom. The number of carboxylic acid groups (broad SMARTS) is 1. The van der Waals surface area contributed by atoms with Crippen molar-refractivity contribution >= 4 is 22.6 Å². The number of aromatic nitrogens is 4. The zero-order valence-electron chi connectivity index (χ0n) is 18.0. The van der Waals surface area contributed by atoms with E-state index in [1.807, 2.05) is 11.0 Å². The van der Waals surface area contributed by atoms with Crippen LogP contribution in [0.2, 0.25) is 0 Å². The Hall–Kier alpha value is -4.34. The predicted octanol–water partition coefficient (Wildman–Crippen LogP) is 3.06. The van der Waals surface area contributed by atoms with Gasteiger partial charge < -0.3 is 14.7 Å². The van der Waals surface area contributed by atoms with E-state index in [1.165, 1.54) is 29.4 Å². The van der Waals surface area contributed by atoms with Crippen molar-refractivity contribution in [3.05, 3.63) is 82.9 Å². The molecule has 9 nitrogen and oxygen atoms in total. The fourth-order valence-corrected chi connectivity index (χ4v) is 4.25. The molecule has 1 aliphatic heterocycles. The van der Waals surface area contributed by atoms with Crippen molar-refractivity contribution in [3.8, 4) is 11.7 Å². The van der Waals surface area contributed by atoms with Crippen molar-refractivity contribution in [2.75, 3.05) is 18.1 Å². The van der Waals surface area contributed by atoms with Gasteiger partial charge in [0.1, 0.15) is 18.0 Å². The van der Waals surface area contributed by atoms with Crippen LogP contribution in [0.15, 0.2) is 66.1 Å². The number of hydrogen-bond donors (Lipinski definition) is 1. The molecule has 1 fully saturated rings. The Morgan fingerprint density at radius 2 is 2.09 bits per heavy atom. The van der Waals surface area contributed by atoms with Crippen molar-refractivity contribution in [3.63, 3.8) is 0 Å². The summed E-state index contributed by atoms with van der Waals surface area (Å²) in [5.74, 6) is -1.21. The van der Waals surface area contributed by atoms with Gasteiger partial charge in [-0.15, -0.1) is 0 Å². The lowest BCUT2D eigenvalue weighted by molar-refractivity contribution is 0.0695. The van der Waals surface area contributed by atoms with E-state index in [-0.39, 0.29) is 11.4 Å². The Balaban J connectivity index is 1.59. The first kappa shape index (κ1) is 21.5. The quantitative estimate of drug-likeness (QED) is 0.467. The number of carboxylic acids is 1. The molecular formula is C24H20FN5O4. The van der Waals surface area contributed by atoms with E-state index in [0.29, 0.717) is 36.1 Å². The fourth-order valence-electron chi connectivity index (χ4n) is 4.25. The Labute approximate surface area is 193 Å². The van der Waals surface area contributed by atoms with Crippen molar-refractivity contribution in [2.45, 2.75) is 18.9 Å². The number of rotatable bonds is 6. The smallest absolute Gasteiger partial charge is 0.341 e. The average molecular weight is 461 g/mol. The lowest BCUT2D eigenvalue weighted by Crippen LogP contribution is -2.35. The van der Waals surface area contributed by atoms with Crippen LogP contribution >= 0.6 is 0 Å². The van der Waals surface area contributed by atoms with Crippen LogP contribution in [0.3, 0.4) is 0 Å². The van der Waals surface area contributed by atoms with E-state index >= 15 is 4.39 Å². The Morgan fingerprint density at radius 1 is 1.21 bits per heavy atom. The molecule has 1 aromatic carbocycles. The van der Waals surface area contributed by atoms with Gasteiger partial charge in [-0.3, -0.25) is 14.3 Å². The highest BCUT2D eigenvalue weighted by Crippen LogP contribution is 2.32. The van der Waals surface area contributed by atoms with E-state index in [9.17, 15) is 14.7 Å². The largest absolute Gasteiger partial charge is 0.477 e. The summed E-state index contributed by atoms with van der Waals surface area (Å²) in [6.45, 7) is 0.935. The molecule has 172 valence electrons. The summed E-state index contributed by atoms with van der Waals surface area (Å²) in [5.41, 5.74) is -0.597. The highest BCUT2D eigenvalue weighted by Gasteiger charge is 2.29. The van der Waals surface area contributed by atoms with Crippen LogP contribution in [0.4, 0.5) is 10.1 Å². The van der Waals surface area contributed by atoms with Crippen LogP contribution in [-0.4, -0.2) is 49.8 Å². The Kier molecular flexibility index (Phi) is 5.62. The standard InChI is InChI=1S/C24H20FN5O4/c25-18-10-16-19(30(21-12-26-7-8-27-21)13-17(23(16)31)24(32)33)11-20(18)29-9-3-4-15(29)14-34-22-5-1-2-6-28-22/h1-2,5-8,10-13,15H,3-4,9,14H2,(H,32,33)/t15-/m1/s1. The maximum atomic E-state index is 15.3. The topological polar surface area (TPSA) is 110 Å². The molecule has 0 spiro atoms. The van der Waals surface area contributed by atoms with Crippen LogP contribution in [0.5, 0.6) is 5.88 Å². The number of pyridine rings is 2. The molecule has 0 radical (unpaired) electrons. The summed E-state index contributed by atoms with van der Waals surface area (Å²) < 4.78 is 22.6. The summed E-state index contributed by atoms with van der Waals surface area (Å²) >= 11 is 0. The summed E-state index contributed by atoms with van der Waals surface area (Å²) in [7, 11) is 0. The number of carbonyl (C=O) groups is 1. The molecule has 1 saturated heterocycles. The van der Waals surface area contributed by atoms with Crippen molar-refractivity contribution < 1.29 is 19.0 Å². The number of nitrogens with zero attached hydrogens (tertiary/aromatic N) is 5. The number of halogens is 1. The molecule has 1 aliphatic rings. The van der Waals surface area contributed by atoms with Gasteiger partial charge in [-0.05, 0) is 31.0 Å². The van der Waals surface area contributed by atoms with E-state index in [0.717, 1.165) is 18.9 Å². The normalized spacial score (nSPS) is 15.6. The lowest BCUT2D eigenvalue weighted by atomic mass is 10.1. The number of benzene rings is 1. The first-order valence-corrected chi connectivity index (χ1v) is 10.7. The lowest BCUT2D eigenvalue weighted by Gasteiger charge is -2.27. The molecular weight excluding hydrogens is 441 g/mol. The SMILES string of the molecule is O=C(O)c1cn(-c2cnccn2)c2cc(N3CCC[C@@H]3COc3ccccn3)c(F)cc2c1=O. The van der Waals surface area contributed by atoms with Gasteiger partial charge >= 0.3 is 5.97 Å². The molecule has 0 unspecified atom stereocenters. The third-order valence-electron chi connectivity index (χ3n) is 5.85. The molecule has 1 atom stereocenters. The molecule has 4 aromatic rings. The van der Waals surface area contributed by atoms with Crippen LogP contribution in [0.1, 0.15) is 23.2 Å². The number of aromatic carboxylic acids is 1. The first-order valence-electron chi connectivity index (χ1n) is 10.7. The summed E-state index contributed by atoms with van der Waals surface area (Å²) in [4.78, 5) is 38.8. The predicted molar refractivity (Wildman–Crippen MR) is 122 cm³/mol. The van der Waals surface area contributed by atoms with Crippen molar-refractivity contribution in [1.82, 2.24) is 19.5 Å². The van der Waals surface area contributed by atoms with Crippen molar-refractivity contribution in [2.24, 2.45) is 0 Å². The molecule has 0 amide bonds. The molecule has 5 rings (SSSR count). The minimum absolute atomic E-state index is 0.0488. The second-order valence-corrected chi connectivity index (χ2v) is 7.90. The average Bonchev–Trinajstić information content (AvgIpc) is 3.32. The van der Waals surface area contributed by atoms with Crippen LogP contribution in [0.25, 0.3) is 16.7 Å². The van der Waals surface area contributed by atoms with Crippen LogP contribution in [0, 0.1) is 5.82 Å². The van der Waals surface area contributed by atoms with Crippen LogP contribution in [-0.2, 0) is 0 Å². The molecule has 4 heterocycles. The maximum absolute atomic E-state index is 15.3. The second-order valence-electron chi connectivity index (χ2n) is 7.90. The molecule has 1 N–H and O–H groups in total. The number of hydrogen-bond acceptors (Lipinski definition) is 7. The number of ether oxygens (including phenoxy) is 1. The second kappa shape index (κ2) is 8.89. The molecule has 0 saturated carbocycles. The van der Waals surface area contributed by atoms with Gasteiger partial charge in [0.05, 0.1) is 28.8 Å².